The fraction of sp³-hybridized carbons (Fsp3) is 0.111. The van der Waals surface area contributed by atoms with E-state index < -0.39 is 6.09 Å². The van der Waals surface area contributed by atoms with Gasteiger partial charge in [0.2, 0.25) is 5.95 Å². The first-order valence-electron chi connectivity index (χ1n) is 4.23. The third kappa shape index (κ3) is 1.69. The van der Waals surface area contributed by atoms with E-state index in [0.717, 1.165) is 0 Å². The second kappa shape index (κ2) is 3.49. The summed E-state index contributed by atoms with van der Waals surface area (Å²) in [7, 11) is 1.26. The second-order valence-corrected chi connectivity index (χ2v) is 2.88. The molecular formula is C9H9N3O3. The maximum absolute atomic E-state index is 10.9. The number of hydrogen-bond acceptors (Lipinski definition) is 4. The van der Waals surface area contributed by atoms with Gasteiger partial charge in [-0.05, 0) is 12.1 Å². The molecule has 0 saturated heterocycles. The molecule has 1 aromatic carbocycles. The predicted molar refractivity (Wildman–Crippen MR) is 53.8 cm³/mol. The first kappa shape index (κ1) is 9.32. The van der Waals surface area contributed by atoms with Gasteiger partial charge in [0.05, 0.1) is 12.6 Å². The lowest BCUT2D eigenvalue weighted by atomic mass is 10.3. The number of hydrogen-bond donors (Lipinski definition) is 3. The van der Waals surface area contributed by atoms with E-state index in [9.17, 15) is 9.90 Å². The molecule has 2 rings (SSSR count). The van der Waals surface area contributed by atoms with Crippen molar-refractivity contribution in [2.75, 3.05) is 12.4 Å². The van der Waals surface area contributed by atoms with Crippen molar-refractivity contribution in [1.82, 2.24) is 9.97 Å². The van der Waals surface area contributed by atoms with Crippen LogP contribution >= 0.6 is 0 Å². The van der Waals surface area contributed by atoms with Gasteiger partial charge in [-0.1, -0.05) is 6.07 Å². The van der Waals surface area contributed by atoms with Gasteiger partial charge in [-0.2, -0.15) is 0 Å². The Balaban J connectivity index is 2.39. The van der Waals surface area contributed by atoms with E-state index >= 15 is 0 Å². The standard InChI is InChI=1S/C9H9N3O3/c1-15-9(14)12-8-10-5-3-2-4-6(13)7(5)11-8/h2-4,13H,1H3,(H2,10,11,12,14). The van der Waals surface area contributed by atoms with Crippen LogP contribution in [-0.4, -0.2) is 28.3 Å². The number of para-hydroxylation sites is 1. The third-order valence-electron chi connectivity index (χ3n) is 1.90. The smallest absolute Gasteiger partial charge is 0.413 e. The van der Waals surface area contributed by atoms with Crippen LogP contribution in [0.25, 0.3) is 11.0 Å². The predicted octanol–water partition coefficient (Wildman–Crippen LogP) is 1.45. The molecule has 1 aromatic heterocycles. The number of fused-ring (bicyclic) bond motifs is 1. The van der Waals surface area contributed by atoms with Crippen molar-refractivity contribution in [2.24, 2.45) is 0 Å². The molecule has 1 heterocycles. The Kier molecular flexibility index (Phi) is 2.17. The Bertz CT molecular complexity index is 506. The van der Waals surface area contributed by atoms with Gasteiger partial charge in [-0.3, -0.25) is 5.32 Å². The van der Waals surface area contributed by atoms with Crippen LogP contribution in [-0.2, 0) is 4.74 Å². The number of methoxy groups -OCH3 is 1. The van der Waals surface area contributed by atoms with Crippen molar-refractivity contribution < 1.29 is 14.6 Å². The molecule has 0 radical (unpaired) electrons. The normalized spacial score (nSPS) is 10.2. The van der Waals surface area contributed by atoms with Crippen LogP contribution in [0.1, 0.15) is 0 Å². The molecule has 0 aliphatic heterocycles. The molecule has 15 heavy (non-hydrogen) atoms. The maximum atomic E-state index is 10.9. The summed E-state index contributed by atoms with van der Waals surface area (Å²) < 4.78 is 4.41. The van der Waals surface area contributed by atoms with Crippen molar-refractivity contribution in [3.05, 3.63) is 18.2 Å². The van der Waals surface area contributed by atoms with Crippen molar-refractivity contribution >= 4 is 23.1 Å². The monoisotopic (exact) mass is 207 g/mol. The molecule has 6 nitrogen and oxygen atoms in total. The SMILES string of the molecule is COC(=O)Nc1nc2c(O)cccc2[nH]1. The van der Waals surface area contributed by atoms with Crippen LogP contribution in [0.15, 0.2) is 18.2 Å². The minimum absolute atomic E-state index is 0.0571. The number of amides is 1. The van der Waals surface area contributed by atoms with E-state index in [1.54, 1.807) is 12.1 Å². The number of nitrogens with zero attached hydrogens (tertiary/aromatic N) is 1. The van der Waals surface area contributed by atoms with Gasteiger partial charge in [0.25, 0.3) is 0 Å². The number of aromatic nitrogens is 2. The van der Waals surface area contributed by atoms with Gasteiger partial charge < -0.3 is 14.8 Å². The van der Waals surface area contributed by atoms with Crippen molar-refractivity contribution in [3.63, 3.8) is 0 Å². The van der Waals surface area contributed by atoms with Crippen molar-refractivity contribution in [1.29, 1.82) is 0 Å². The number of ether oxygens (including phenoxy) is 1. The molecule has 0 aliphatic rings. The molecule has 0 bridgehead atoms. The highest BCUT2D eigenvalue weighted by Crippen LogP contribution is 2.23. The fourth-order valence-electron chi connectivity index (χ4n) is 1.22. The summed E-state index contributed by atoms with van der Waals surface area (Å²) in [6.07, 6.45) is -0.617. The number of phenolic OH excluding ortho intramolecular Hbond substituents is 1. The van der Waals surface area contributed by atoms with Crippen LogP contribution in [0.4, 0.5) is 10.7 Å². The highest BCUT2D eigenvalue weighted by atomic mass is 16.5. The third-order valence-corrected chi connectivity index (χ3v) is 1.90. The lowest BCUT2D eigenvalue weighted by Crippen LogP contribution is -2.11. The number of benzene rings is 1. The summed E-state index contributed by atoms with van der Waals surface area (Å²) in [6, 6.07) is 4.94. The summed E-state index contributed by atoms with van der Waals surface area (Å²) in [5, 5.41) is 11.8. The molecule has 6 heteroatoms. The van der Waals surface area contributed by atoms with E-state index in [0.29, 0.717) is 11.0 Å². The average Bonchev–Trinajstić information content (AvgIpc) is 2.62. The molecule has 2 aromatic rings. The molecule has 1 amide bonds. The number of carbonyl (C=O) groups excluding carboxylic acids is 1. The Labute approximate surface area is 84.9 Å². The van der Waals surface area contributed by atoms with Gasteiger partial charge in [0.1, 0.15) is 11.3 Å². The first-order chi connectivity index (χ1) is 7.20. The van der Waals surface area contributed by atoms with E-state index in [-0.39, 0.29) is 11.7 Å². The highest BCUT2D eigenvalue weighted by molar-refractivity contribution is 5.88. The number of imidazole rings is 1. The van der Waals surface area contributed by atoms with E-state index in [1.807, 2.05) is 0 Å². The van der Waals surface area contributed by atoms with Crippen molar-refractivity contribution in [3.8, 4) is 5.75 Å². The van der Waals surface area contributed by atoms with Gasteiger partial charge in [0.15, 0.2) is 0 Å². The molecular weight excluding hydrogens is 198 g/mol. The zero-order chi connectivity index (χ0) is 10.8. The Morgan fingerprint density at radius 3 is 3.07 bits per heavy atom. The Hall–Kier alpha value is -2.24. The quantitative estimate of drug-likeness (QED) is 0.660. The minimum atomic E-state index is -0.617. The van der Waals surface area contributed by atoms with Crippen molar-refractivity contribution in [2.45, 2.75) is 0 Å². The Morgan fingerprint density at radius 1 is 1.60 bits per heavy atom. The molecule has 0 atom stereocenters. The molecule has 0 fully saturated rings. The van der Waals surface area contributed by atoms with E-state index in [1.165, 1.54) is 13.2 Å². The van der Waals surface area contributed by atoms with Gasteiger partial charge in [-0.15, -0.1) is 0 Å². The number of aromatic amines is 1. The first-order valence-corrected chi connectivity index (χ1v) is 4.23. The lowest BCUT2D eigenvalue weighted by molar-refractivity contribution is 0.186. The lowest BCUT2D eigenvalue weighted by Gasteiger charge is -1.96. The summed E-state index contributed by atoms with van der Waals surface area (Å²) in [5.41, 5.74) is 1.05. The fourth-order valence-corrected chi connectivity index (χ4v) is 1.22. The number of aromatic hydroxyl groups is 1. The number of nitrogens with one attached hydrogen (secondary N) is 2. The van der Waals surface area contributed by atoms with Crippen LogP contribution in [0.3, 0.4) is 0 Å². The van der Waals surface area contributed by atoms with Crippen LogP contribution < -0.4 is 5.32 Å². The average molecular weight is 207 g/mol. The Morgan fingerprint density at radius 2 is 2.40 bits per heavy atom. The molecule has 0 unspecified atom stereocenters. The zero-order valence-electron chi connectivity index (χ0n) is 7.94. The van der Waals surface area contributed by atoms with Crippen LogP contribution in [0.2, 0.25) is 0 Å². The topological polar surface area (TPSA) is 87.2 Å². The summed E-state index contributed by atoms with van der Waals surface area (Å²) in [5.74, 6) is 0.292. The molecule has 0 saturated carbocycles. The largest absolute Gasteiger partial charge is 0.506 e. The minimum Gasteiger partial charge on any atom is -0.506 e. The number of H-pyrrole nitrogens is 1. The van der Waals surface area contributed by atoms with Gasteiger partial charge in [0, 0.05) is 0 Å². The summed E-state index contributed by atoms with van der Waals surface area (Å²) >= 11 is 0. The maximum Gasteiger partial charge on any atom is 0.413 e. The summed E-state index contributed by atoms with van der Waals surface area (Å²) in [6.45, 7) is 0. The molecule has 78 valence electrons. The molecule has 3 N–H and O–H groups in total. The number of phenols is 1. The van der Waals surface area contributed by atoms with Gasteiger partial charge >= 0.3 is 6.09 Å². The number of rotatable bonds is 1. The number of anilines is 1. The van der Waals surface area contributed by atoms with E-state index in [2.05, 4.69) is 20.0 Å². The second-order valence-electron chi connectivity index (χ2n) is 2.88. The highest BCUT2D eigenvalue weighted by Gasteiger charge is 2.08. The van der Waals surface area contributed by atoms with E-state index in [4.69, 9.17) is 0 Å². The van der Waals surface area contributed by atoms with Crippen LogP contribution in [0.5, 0.6) is 5.75 Å². The zero-order valence-corrected chi connectivity index (χ0v) is 7.94. The number of carbonyl (C=O) groups is 1. The van der Waals surface area contributed by atoms with Crippen LogP contribution in [0, 0.1) is 0 Å². The summed E-state index contributed by atoms with van der Waals surface area (Å²) in [4.78, 5) is 17.7. The molecule has 0 spiro atoms. The van der Waals surface area contributed by atoms with Gasteiger partial charge in [-0.25, -0.2) is 9.78 Å². The molecule has 0 aliphatic carbocycles.